The topological polar surface area (TPSA) is 85.8 Å². The third-order valence-electron chi connectivity index (χ3n) is 3.96. The van der Waals surface area contributed by atoms with E-state index in [0.717, 1.165) is 31.5 Å². The van der Waals surface area contributed by atoms with Crippen LogP contribution in [-0.2, 0) is 18.3 Å². The predicted octanol–water partition coefficient (Wildman–Crippen LogP) is 0.383. The van der Waals surface area contributed by atoms with Gasteiger partial charge in [0.25, 0.3) is 0 Å². The minimum Gasteiger partial charge on any atom is -0.355 e. The zero-order chi connectivity index (χ0) is 13.7. The van der Waals surface area contributed by atoms with Gasteiger partial charge in [0.05, 0.1) is 5.41 Å². The molecule has 1 aromatic rings. The fraction of sp³-hybridized carbons (Fsp3) is 0.769. The molecule has 0 radical (unpaired) electrons. The number of aryl methyl sites for hydroxylation is 1. The van der Waals surface area contributed by atoms with Crippen LogP contribution in [0.2, 0.25) is 0 Å². The third kappa shape index (κ3) is 3.32. The quantitative estimate of drug-likeness (QED) is 0.806. The highest BCUT2D eigenvalue weighted by Crippen LogP contribution is 2.35. The molecule has 1 fully saturated rings. The molecule has 106 valence electrons. The molecule has 1 amide bonds. The first-order valence-corrected chi connectivity index (χ1v) is 6.99. The smallest absolute Gasteiger partial charge is 0.227 e. The molecule has 6 heteroatoms. The first-order chi connectivity index (χ1) is 9.16. The summed E-state index contributed by atoms with van der Waals surface area (Å²) in [6.45, 7) is 1.02. The molecule has 2 rings (SSSR count). The molecule has 0 atom stereocenters. The normalized spacial score (nSPS) is 18.2. The number of hydrogen-bond acceptors (Lipinski definition) is 4. The van der Waals surface area contributed by atoms with Crippen molar-refractivity contribution in [2.75, 3.05) is 13.1 Å². The van der Waals surface area contributed by atoms with Gasteiger partial charge in [0.2, 0.25) is 5.91 Å². The van der Waals surface area contributed by atoms with Crippen molar-refractivity contribution in [3.8, 4) is 0 Å². The van der Waals surface area contributed by atoms with Gasteiger partial charge in [-0.25, -0.2) is 4.98 Å². The monoisotopic (exact) mass is 265 g/mol. The lowest BCUT2D eigenvalue weighted by atomic mass is 9.73. The summed E-state index contributed by atoms with van der Waals surface area (Å²) in [5.41, 5.74) is 5.50. The van der Waals surface area contributed by atoms with Crippen LogP contribution >= 0.6 is 0 Å². The van der Waals surface area contributed by atoms with E-state index in [0.29, 0.717) is 19.5 Å². The molecule has 3 N–H and O–H groups in total. The molecule has 1 aliphatic rings. The molecule has 1 saturated carbocycles. The van der Waals surface area contributed by atoms with Crippen molar-refractivity contribution in [3.05, 3.63) is 12.2 Å². The fourth-order valence-electron chi connectivity index (χ4n) is 2.73. The van der Waals surface area contributed by atoms with E-state index >= 15 is 0 Å². The van der Waals surface area contributed by atoms with E-state index in [4.69, 9.17) is 5.73 Å². The highest BCUT2D eigenvalue weighted by molar-refractivity contribution is 5.83. The van der Waals surface area contributed by atoms with Gasteiger partial charge in [0.1, 0.15) is 6.33 Å². The number of carbonyl (C=O) groups excluding carboxylic acids is 1. The number of nitrogens with two attached hydrogens (primary N) is 1. The SMILES string of the molecule is Cn1cnc(CCNC(=O)C2(CN)CCCCC2)n1. The summed E-state index contributed by atoms with van der Waals surface area (Å²) in [5.74, 6) is 0.860. The molecule has 1 aliphatic carbocycles. The average molecular weight is 265 g/mol. The van der Waals surface area contributed by atoms with Crippen molar-refractivity contribution >= 4 is 5.91 Å². The molecule has 6 nitrogen and oxygen atoms in total. The third-order valence-corrected chi connectivity index (χ3v) is 3.96. The van der Waals surface area contributed by atoms with Gasteiger partial charge in [-0.3, -0.25) is 9.48 Å². The largest absolute Gasteiger partial charge is 0.355 e. The summed E-state index contributed by atoms with van der Waals surface area (Å²) in [5, 5.41) is 7.18. The van der Waals surface area contributed by atoms with Crippen molar-refractivity contribution in [2.45, 2.75) is 38.5 Å². The first-order valence-electron chi connectivity index (χ1n) is 6.99. The maximum Gasteiger partial charge on any atom is 0.227 e. The van der Waals surface area contributed by atoms with Crippen molar-refractivity contribution in [1.29, 1.82) is 0 Å². The lowest BCUT2D eigenvalue weighted by Crippen LogP contribution is -2.47. The second-order valence-electron chi connectivity index (χ2n) is 5.39. The van der Waals surface area contributed by atoms with E-state index in [1.54, 1.807) is 11.0 Å². The highest BCUT2D eigenvalue weighted by atomic mass is 16.2. The maximum atomic E-state index is 12.3. The van der Waals surface area contributed by atoms with E-state index in [9.17, 15) is 4.79 Å². The number of amides is 1. The van der Waals surface area contributed by atoms with Gasteiger partial charge < -0.3 is 11.1 Å². The van der Waals surface area contributed by atoms with E-state index < -0.39 is 0 Å². The van der Waals surface area contributed by atoms with Crippen LogP contribution in [0.1, 0.15) is 37.9 Å². The minimum atomic E-state index is -0.338. The zero-order valence-corrected chi connectivity index (χ0v) is 11.6. The molecule has 19 heavy (non-hydrogen) atoms. The summed E-state index contributed by atoms with van der Waals surface area (Å²) in [4.78, 5) is 16.4. The molecule has 1 aromatic heterocycles. The summed E-state index contributed by atoms with van der Waals surface area (Å²) < 4.78 is 1.67. The minimum absolute atomic E-state index is 0.102. The van der Waals surface area contributed by atoms with Crippen LogP contribution in [-0.4, -0.2) is 33.8 Å². The lowest BCUT2D eigenvalue weighted by Gasteiger charge is -2.34. The molecular weight excluding hydrogens is 242 g/mol. The Morgan fingerprint density at radius 3 is 2.79 bits per heavy atom. The molecule has 0 aromatic carbocycles. The molecule has 0 spiro atoms. The second-order valence-corrected chi connectivity index (χ2v) is 5.39. The Labute approximate surface area is 113 Å². The first kappa shape index (κ1) is 14.0. The predicted molar refractivity (Wildman–Crippen MR) is 72.3 cm³/mol. The standard InChI is InChI=1S/C13H23N5O/c1-18-10-16-11(17-18)5-8-15-12(19)13(9-14)6-3-2-4-7-13/h10H,2-9,14H2,1H3,(H,15,19). The van der Waals surface area contributed by atoms with E-state index in [2.05, 4.69) is 15.4 Å². The summed E-state index contributed by atoms with van der Waals surface area (Å²) in [7, 11) is 1.83. The molecule has 0 bridgehead atoms. The van der Waals surface area contributed by atoms with E-state index in [-0.39, 0.29) is 11.3 Å². The highest BCUT2D eigenvalue weighted by Gasteiger charge is 2.37. The van der Waals surface area contributed by atoms with Crippen LogP contribution < -0.4 is 11.1 Å². The average Bonchev–Trinajstić information content (AvgIpc) is 2.85. The number of hydrogen-bond donors (Lipinski definition) is 2. The number of nitrogens with zero attached hydrogens (tertiary/aromatic N) is 3. The van der Waals surface area contributed by atoms with E-state index in [1.165, 1.54) is 6.42 Å². The van der Waals surface area contributed by atoms with Gasteiger partial charge in [-0.2, -0.15) is 5.10 Å². The maximum absolute atomic E-state index is 12.3. The zero-order valence-electron chi connectivity index (χ0n) is 11.6. The second kappa shape index (κ2) is 6.14. The Kier molecular flexibility index (Phi) is 4.52. The van der Waals surface area contributed by atoms with Crippen molar-refractivity contribution < 1.29 is 4.79 Å². The van der Waals surface area contributed by atoms with E-state index in [1.807, 2.05) is 7.05 Å². The summed E-state index contributed by atoms with van der Waals surface area (Å²) >= 11 is 0. The molecule has 0 saturated heterocycles. The number of nitrogens with one attached hydrogen (secondary N) is 1. The van der Waals surface area contributed by atoms with Crippen molar-refractivity contribution in [1.82, 2.24) is 20.1 Å². The van der Waals surface area contributed by atoms with Crippen LogP contribution in [0.5, 0.6) is 0 Å². The van der Waals surface area contributed by atoms with Gasteiger partial charge in [0, 0.05) is 26.6 Å². The van der Waals surface area contributed by atoms with Crippen molar-refractivity contribution in [3.63, 3.8) is 0 Å². The summed E-state index contributed by atoms with van der Waals surface area (Å²) in [6, 6.07) is 0. The van der Waals surface area contributed by atoms with Gasteiger partial charge in [-0.05, 0) is 12.8 Å². The van der Waals surface area contributed by atoms with Gasteiger partial charge in [-0.15, -0.1) is 0 Å². The van der Waals surface area contributed by atoms with Crippen LogP contribution in [0.3, 0.4) is 0 Å². The molecule has 0 unspecified atom stereocenters. The fourth-order valence-corrected chi connectivity index (χ4v) is 2.73. The van der Waals surface area contributed by atoms with Gasteiger partial charge >= 0.3 is 0 Å². The van der Waals surface area contributed by atoms with Gasteiger partial charge in [0.15, 0.2) is 5.82 Å². The Hall–Kier alpha value is -1.43. The van der Waals surface area contributed by atoms with Crippen LogP contribution in [0, 0.1) is 5.41 Å². The molecular formula is C13H23N5O. The Morgan fingerprint density at radius 1 is 1.47 bits per heavy atom. The Balaban J connectivity index is 1.82. The van der Waals surface area contributed by atoms with Crippen LogP contribution in [0.15, 0.2) is 6.33 Å². The lowest BCUT2D eigenvalue weighted by molar-refractivity contribution is -0.132. The number of rotatable bonds is 5. The molecule has 0 aliphatic heterocycles. The molecule has 1 heterocycles. The Bertz CT molecular complexity index is 422. The number of carbonyl (C=O) groups is 1. The summed E-state index contributed by atoms with van der Waals surface area (Å²) in [6.07, 6.45) is 7.58. The van der Waals surface area contributed by atoms with Crippen LogP contribution in [0.25, 0.3) is 0 Å². The number of aromatic nitrogens is 3. The van der Waals surface area contributed by atoms with Crippen molar-refractivity contribution in [2.24, 2.45) is 18.2 Å². The Morgan fingerprint density at radius 2 is 2.21 bits per heavy atom. The van der Waals surface area contributed by atoms with Gasteiger partial charge in [-0.1, -0.05) is 19.3 Å². The van der Waals surface area contributed by atoms with Crippen LogP contribution in [0.4, 0.5) is 0 Å².